The Morgan fingerprint density at radius 2 is 1.39 bits per heavy atom. The van der Waals surface area contributed by atoms with Crippen molar-refractivity contribution in [1.29, 1.82) is 0 Å². The summed E-state index contributed by atoms with van der Waals surface area (Å²) in [5, 5.41) is 43.7. The summed E-state index contributed by atoms with van der Waals surface area (Å²) in [5.74, 6) is 0. The van der Waals surface area contributed by atoms with Gasteiger partial charge in [0.05, 0.1) is 37.5 Å². The zero-order valence-corrected chi connectivity index (χ0v) is 21.5. The van der Waals surface area contributed by atoms with Crippen molar-refractivity contribution >= 4 is 0 Å². The highest BCUT2D eigenvalue weighted by atomic mass is 16.7. The van der Waals surface area contributed by atoms with Crippen molar-refractivity contribution in [2.75, 3.05) is 39.4 Å². The van der Waals surface area contributed by atoms with Crippen molar-refractivity contribution < 1.29 is 44.1 Å². The van der Waals surface area contributed by atoms with E-state index in [1.807, 2.05) is 0 Å². The Bertz CT molecular complexity index is 702. The molecule has 3 aliphatic rings. The first-order valence-corrected chi connectivity index (χ1v) is 13.1. The van der Waals surface area contributed by atoms with Crippen molar-refractivity contribution in [2.24, 2.45) is 34.4 Å². The van der Waals surface area contributed by atoms with Crippen LogP contribution in [0.2, 0.25) is 0 Å². The van der Waals surface area contributed by atoms with Gasteiger partial charge in [0.25, 0.3) is 0 Å². The number of ether oxygens (including phenoxy) is 5. The Labute approximate surface area is 222 Å². The quantitative estimate of drug-likeness (QED) is 0.100. The fourth-order valence-electron chi connectivity index (χ4n) is 5.09. The minimum Gasteiger partial charge on any atom is -0.394 e. The number of nitrogens with two attached hydrogens (primary N) is 6. The Morgan fingerprint density at radius 1 is 0.763 bits per heavy atom. The van der Waals surface area contributed by atoms with Gasteiger partial charge in [-0.2, -0.15) is 0 Å². The molecule has 0 aromatic heterocycles. The standard InChI is InChI=1S/C22H47N7O9/c23-1-2-29-3-4-34-20-18(37-21-11(27)6-12(31)13(7-24)35-21)9(25)5-10(26)19(20)38-22-17(33)15(28)16(32)14(8-30)36-22/h9-22,29-33H,1-8,23-28H2/t9-,10+,11-,12+,13-,14-,15+,16-,17-,18+,19-,20-,21-,22-/m1/s1. The van der Waals surface area contributed by atoms with E-state index in [1.54, 1.807) is 0 Å². The molecule has 0 aromatic rings. The molecule has 3 fully saturated rings. The molecule has 38 heavy (non-hydrogen) atoms. The molecule has 16 nitrogen and oxygen atoms in total. The van der Waals surface area contributed by atoms with Crippen LogP contribution in [0, 0.1) is 0 Å². The summed E-state index contributed by atoms with van der Waals surface area (Å²) in [5.41, 5.74) is 36.3. The van der Waals surface area contributed by atoms with E-state index in [2.05, 4.69) is 5.32 Å². The molecule has 0 amide bonds. The zero-order chi connectivity index (χ0) is 28.0. The fourth-order valence-corrected chi connectivity index (χ4v) is 5.09. The van der Waals surface area contributed by atoms with E-state index in [9.17, 15) is 20.4 Å². The number of rotatable bonds is 12. The van der Waals surface area contributed by atoms with Crippen molar-refractivity contribution in [3.05, 3.63) is 0 Å². The van der Waals surface area contributed by atoms with Crippen molar-refractivity contribution in [2.45, 2.75) is 98.4 Å². The highest BCUT2D eigenvalue weighted by Gasteiger charge is 2.51. The van der Waals surface area contributed by atoms with Gasteiger partial charge in [0, 0.05) is 38.3 Å². The highest BCUT2D eigenvalue weighted by Crippen LogP contribution is 2.32. The smallest absolute Gasteiger partial charge is 0.186 e. The Morgan fingerprint density at radius 3 is 2.00 bits per heavy atom. The molecule has 0 unspecified atom stereocenters. The summed E-state index contributed by atoms with van der Waals surface area (Å²) in [7, 11) is 0. The lowest BCUT2D eigenvalue weighted by Crippen LogP contribution is -2.68. The van der Waals surface area contributed by atoms with Crippen LogP contribution in [0.4, 0.5) is 0 Å². The molecule has 0 aromatic carbocycles. The van der Waals surface area contributed by atoms with Gasteiger partial charge in [-0.3, -0.25) is 0 Å². The third-order valence-electron chi connectivity index (χ3n) is 7.30. The molecule has 0 spiro atoms. The average Bonchev–Trinajstić information content (AvgIpc) is 2.88. The van der Waals surface area contributed by atoms with Gasteiger partial charge in [-0.25, -0.2) is 0 Å². The number of aliphatic hydroxyl groups excluding tert-OH is 4. The van der Waals surface area contributed by atoms with E-state index >= 15 is 0 Å². The first kappa shape index (κ1) is 31.9. The normalized spacial score (nSPS) is 46.3. The van der Waals surface area contributed by atoms with Crippen LogP contribution in [-0.4, -0.2) is 145 Å². The molecule has 0 bridgehead atoms. The molecule has 17 N–H and O–H groups in total. The Hall–Kier alpha value is -0.640. The van der Waals surface area contributed by atoms with E-state index < -0.39 is 92.2 Å². The van der Waals surface area contributed by atoms with Crippen LogP contribution in [0.5, 0.6) is 0 Å². The lowest BCUT2D eigenvalue weighted by molar-refractivity contribution is -0.318. The van der Waals surface area contributed by atoms with E-state index in [4.69, 9.17) is 58.1 Å². The van der Waals surface area contributed by atoms with E-state index in [-0.39, 0.29) is 26.0 Å². The molecule has 1 saturated carbocycles. The molecule has 2 saturated heterocycles. The summed E-state index contributed by atoms with van der Waals surface area (Å²) >= 11 is 0. The van der Waals surface area contributed by atoms with E-state index in [1.165, 1.54) is 0 Å². The summed E-state index contributed by atoms with van der Waals surface area (Å²) in [4.78, 5) is 0. The number of hydrogen-bond donors (Lipinski definition) is 11. The maximum atomic E-state index is 10.6. The molecule has 2 aliphatic heterocycles. The maximum absolute atomic E-state index is 10.6. The van der Waals surface area contributed by atoms with Gasteiger partial charge in [0.2, 0.25) is 0 Å². The van der Waals surface area contributed by atoms with Crippen LogP contribution in [0.25, 0.3) is 0 Å². The number of aliphatic hydroxyl groups is 4. The topological polar surface area (TPSA) is 295 Å². The molecule has 224 valence electrons. The molecule has 2 heterocycles. The van der Waals surface area contributed by atoms with Crippen LogP contribution in [0.3, 0.4) is 0 Å². The minimum absolute atomic E-state index is 0.0723. The predicted octanol–water partition coefficient (Wildman–Crippen LogP) is -6.72. The van der Waals surface area contributed by atoms with Crippen molar-refractivity contribution in [3.63, 3.8) is 0 Å². The second-order valence-electron chi connectivity index (χ2n) is 10.2. The van der Waals surface area contributed by atoms with Gasteiger partial charge in [0.1, 0.15) is 36.6 Å². The predicted molar refractivity (Wildman–Crippen MR) is 134 cm³/mol. The Balaban J connectivity index is 1.80. The third-order valence-corrected chi connectivity index (χ3v) is 7.30. The first-order valence-electron chi connectivity index (χ1n) is 13.1. The molecular formula is C22H47N7O9. The molecule has 14 atom stereocenters. The monoisotopic (exact) mass is 553 g/mol. The maximum Gasteiger partial charge on any atom is 0.186 e. The lowest BCUT2D eigenvalue weighted by atomic mass is 9.84. The van der Waals surface area contributed by atoms with Crippen LogP contribution in [0.1, 0.15) is 12.8 Å². The highest BCUT2D eigenvalue weighted by molar-refractivity contribution is 5.02. The van der Waals surface area contributed by atoms with Gasteiger partial charge < -0.3 is 83.8 Å². The van der Waals surface area contributed by atoms with Crippen LogP contribution < -0.4 is 39.7 Å². The van der Waals surface area contributed by atoms with Gasteiger partial charge in [-0.05, 0) is 12.8 Å². The van der Waals surface area contributed by atoms with Gasteiger partial charge in [-0.15, -0.1) is 0 Å². The van der Waals surface area contributed by atoms with Gasteiger partial charge >= 0.3 is 0 Å². The van der Waals surface area contributed by atoms with Crippen LogP contribution in [0.15, 0.2) is 0 Å². The number of nitrogens with one attached hydrogen (secondary N) is 1. The van der Waals surface area contributed by atoms with E-state index in [0.717, 1.165) is 0 Å². The molecule has 0 radical (unpaired) electrons. The minimum atomic E-state index is -1.41. The first-order chi connectivity index (χ1) is 18.1. The molecule has 16 heteroatoms. The largest absolute Gasteiger partial charge is 0.394 e. The van der Waals surface area contributed by atoms with Crippen LogP contribution >= 0.6 is 0 Å². The lowest BCUT2D eigenvalue weighted by Gasteiger charge is -2.49. The second-order valence-corrected chi connectivity index (χ2v) is 10.2. The third kappa shape index (κ3) is 7.55. The summed E-state index contributed by atoms with van der Waals surface area (Å²) in [6.45, 7) is 1.26. The fraction of sp³-hybridized carbons (Fsp3) is 1.00. The summed E-state index contributed by atoms with van der Waals surface area (Å²) < 4.78 is 30.0. The average molecular weight is 554 g/mol. The molecular weight excluding hydrogens is 506 g/mol. The zero-order valence-electron chi connectivity index (χ0n) is 21.5. The van der Waals surface area contributed by atoms with Crippen molar-refractivity contribution in [3.8, 4) is 0 Å². The number of hydrogen-bond acceptors (Lipinski definition) is 16. The van der Waals surface area contributed by atoms with Gasteiger partial charge in [-0.1, -0.05) is 0 Å². The molecule has 3 rings (SSSR count). The SMILES string of the molecule is NCCNCCO[C@@H]1[C@@H](O[C@H]2O[C@H](CN)[C@@H](O)C[C@H]2N)[C@H](N)C[C@H](N)[C@H]1O[C@H]1O[C@H](CO)[C@@H](O)[C@H](N)[C@H]1O. The van der Waals surface area contributed by atoms with Gasteiger partial charge in [0.15, 0.2) is 12.6 Å². The summed E-state index contributed by atoms with van der Waals surface area (Å²) in [6, 6.07) is -3.04. The van der Waals surface area contributed by atoms with E-state index in [0.29, 0.717) is 19.6 Å². The Kier molecular flexibility index (Phi) is 12.4. The van der Waals surface area contributed by atoms with Crippen LogP contribution in [-0.2, 0) is 23.7 Å². The summed E-state index contributed by atoms with van der Waals surface area (Å²) in [6.07, 6.45) is -9.62. The van der Waals surface area contributed by atoms with Crippen molar-refractivity contribution in [1.82, 2.24) is 5.32 Å². The molecule has 1 aliphatic carbocycles. The second kappa shape index (κ2) is 14.8.